The quantitative estimate of drug-likeness (QED) is 0.830. The molecule has 1 aliphatic rings. The van der Waals surface area contributed by atoms with Crippen LogP contribution in [-0.2, 0) is 11.2 Å². The van der Waals surface area contributed by atoms with E-state index in [9.17, 15) is 9.90 Å². The number of benzene rings is 1. The first-order valence-corrected chi connectivity index (χ1v) is 9.67. The lowest BCUT2D eigenvalue weighted by atomic mass is 9.93. The van der Waals surface area contributed by atoms with Crippen molar-refractivity contribution in [1.29, 1.82) is 0 Å². The maximum Gasteiger partial charge on any atom is 0.226 e. The zero-order chi connectivity index (χ0) is 17.6. The molecule has 2 N–H and O–H groups in total. The standard InChI is InChI=1S/C19H24N2O3S/c1-2-24-17-9-3-13(4-10-17)19-21-15(12-25-19)11-18(23)20-14-5-7-16(22)8-6-14/h3-4,9-10,12,14,16,22H,2,5-8,11H2,1H3,(H,20,23). The van der Waals surface area contributed by atoms with E-state index in [0.29, 0.717) is 13.0 Å². The number of carbonyl (C=O) groups excluding carboxylic acids is 1. The van der Waals surface area contributed by atoms with Gasteiger partial charge in [-0.15, -0.1) is 11.3 Å². The molecule has 0 aliphatic heterocycles. The third kappa shape index (κ3) is 5.03. The fourth-order valence-electron chi connectivity index (χ4n) is 3.04. The Kier molecular flexibility index (Phi) is 6.04. The number of nitrogens with zero attached hydrogens (tertiary/aromatic N) is 1. The number of ether oxygens (including phenoxy) is 1. The van der Waals surface area contributed by atoms with E-state index in [2.05, 4.69) is 10.3 Å². The Labute approximate surface area is 152 Å². The average Bonchev–Trinajstić information content (AvgIpc) is 3.06. The molecule has 1 aliphatic carbocycles. The topological polar surface area (TPSA) is 71.5 Å². The van der Waals surface area contributed by atoms with Gasteiger partial charge in [0.15, 0.2) is 0 Å². The molecule has 2 aromatic rings. The van der Waals surface area contributed by atoms with Gasteiger partial charge in [-0.25, -0.2) is 4.98 Å². The van der Waals surface area contributed by atoms with E-state index in [-0.39, 0.29) is 18.1 Å². The van der Waals surface area contributed by atoms with Crippen LogP contribution >= 0.6 is 11.3 Å². The molecule has 0 atom stereocenters. The summed E-state index contributed by atoms with van der Waals surface area (Å²) in [5, 5.41) is 15.4. The number of thiazole rings is 1. The zero-order valence-corrected chi connectivity index (χ0v) is 15.2. The largest absolute Gasteiger partial charge is 0.494 e. The summed E-state index contributed by atoms with van der Waals surface area (Å²) in [6.07, 6.45) is 3.33. The van der Waals surface area contributed by atoms with E-state index in [1.165, 1.54) is 0 Å². The van der Waals surface area contributed by atoms with Crippen molar-refractivity contribution in [3.8, 4) is 16.3 Å². The van der Waals surface area contributed by atoms with E-state index in [1.807, 2.05) is 36.6 Å². The van der Waals surface area contributed by atoms with E-state index >= 15 is 0 Å². The Morgan fingerprint density at radius 1 is 1.28 bits per heavy atom. The molecule has 1 aromatic heterocycles. The smallest absolute Gasteiger partial charge is 0.226 e. The molecule has 5 nitrogen and oxygen atoms in total. The van der Waals surface area contributed by atoms with Crippen LogP contribution in [-0.4, -0.2) is 34.8 Å². The normalized spacial score (nSPS) is 20.2. The molecular formula is C19H24N2O3S. The molecular weight excluding hydrogens is 336 g/mol. The average molecular weight is 360 g/mol. The Hall–Kier alpha value is -1.92. The molecule has 0 radical (unpaired) electrons. The third-order valence-corrected chi connectivity index (χ3v) is 5.31. The molecule has 1 heterocycles. The van der Waals surface area contributed by atoms with Crippen molar-refractivity contribution >= 4 is 17.2 Å². The zero-order valence-electron chi connectivity index (χ0n) is 14.4. The van der Waals surface area contributed by atoms with Crippen LogP contribution in [0.1, 0.15) is 38.3 Å². The molecule has 6 heteroatoms. The summed E-state index contributed by atoms with van der Waals surface area (Å²) in [5.74, 6) is 0.852. The minimum absolute atomic E-state index is 0.00457. The summed E-state index contributed by atoms with van der Waals surface area (Å²) in [5.41, 5.74) is 1.82. The van der Waals surface area contributed by atoms with Crippen molar-refractivity contribution in [2.75, 3.05) is 6.61 Å². The van der Waals surface area contributed by atoms with Crippen molar-refractivity contribution in [3.05, 3.63) is 35.3 Å². The van der Waals surface area contributed by atoms with Crippen LogP contribution in [0.15, 0.2) is 29.6 Å². The number of carbonyl (C=O) groups is 1. The fraction of sp³-hybridized carbons (Fsp3) is 0.474. The van der Waals surface area contributed by atoms with Gasteiger partial charge in [0.2, 0.25) is 5.91 Å². The molecule has 1 amide bonds. The lowest BCUT2D eigenvalue weighted by molar-refractivity contribution is -0.121. The van der Waals surface area contributed by atoms with Gasteiger partial charge in [0.1, 0.15) is 10.8 Å². The number of rotatable bonds is 6. The molecule has 25 heavy (non-hydrogen) atoms. The molecule has 3 rings (SSSR count). The van der Waals surface area contributed by atoms with E-state index in [1.54, 1.807) is 11.3 Å². The second-order valence-electron chi connectivity index (χ2n) is 6.35. The molecule has 0 spiro atoms. The highest BCUT2D eigenvalue weighted by molar-refractivity contribution is 7.13. The van der Waals surface area contributed by atoms with Crippen LogP contribution in [0.4, 0.5) is 0 Å². The number of nitrogens with one attached hydrogen (secondary N) is 1. The summed E-state index contributed by atoms with van der Waals surface area (Å²) < 4.78 is 5.45. The van der Waals surface area contributed by atoms with Crippen LogP contribution in [0.2, 0.25) is 0 Å². The molecule has 1 aromatic carbocycles. The predicted octanol–water partition coefficient (Wildman–Crippen LogP) is 3.17. The predicted molar refractivity (Wildman–Crippen MR) is 98.8 cm³/mol. The van der Waals surface area contributed by atoms with Gasteiger partial charge in [-0.2, -0.15) is 0 Å². The monoisotopic (exact) mass is 360 g/mol. The Morgan fingerprint density at radius 3 is 2.68 bits per heavy atom. The minimum Gasteiger partial charge on any atom is -0.494 e. The second-order valence-corrected chi connectivity index (χ2v) is 7.21. The van der Waals surface area contributed by atoms with E-state index in [0.717, 1.165) is 47.7 Å². The Balaban J connectivity index is 1.55. The van der Waals surface area contributed by atoms with Crippen LogP contribution in [0.3, 0.4) is 0 Å². The molecule has 1 saturated carbocycles. The van der Waals surface area contributed by atoms with Crippen LogP contribution < -0.4 is 10.1 Å². The number of amides is 1. The second kappa shape index (κ2) is 8.45. The highest BCUT2D eigenvalue weighted by Crippen LogP contribution is 2.26. The molecule has 1 fully saturated rings. The molecule has 0 unspecified atom stereocenters. The Bertz CT molecular complexity index is 691. The van der Waals surface area contributed by atoms with Gasteiger partial charge in [0.05, 0.1) is 24.8 Å². The highest BCUT2D eigenvalue weighted by Gasteiger charge is 2.21. The summed E-state index contributed by atoms with van der Waals surface area (Å²) in [4.78, 5) is 16.8. The SMILES string of the molecule is CCOc1ccc(-c2nc(CC(=O)NC3CCC(O)CC3)cs2)cc1. The van der Waals surface area contributed by atoms with Gasteiger partial charge in [-0.3, -0.25) is 4.79 Å². The van der Waals surface area contributed by atoms with Crippen molar-refractivity contribution < 1.29 is 14.6 Å². The lowest BCUT2D eigenvalue weighted by Crippen LogP contribution is -2.39. The summed E-state index contributed by atoms with van der Waals surface area (Å²) in [7, 11) is 0. The first-order valence-electron chi connectivity index (χ1n) is 8.79. The van der Waals surface area contributed by atoms with Crippen molar-refractivity contribution in [3.63, 3.8) is 0 Å². The number of aliphatic hydroxyl groups is 1. The van der Waals surface area contributed by atoms with Gasteiger partial charge in [-0.1, -0.05) is 0 Å². The van der Waals surface area contributed by atoms with E-state index in [4.69, 9.17) is 4.74 Å². The maximum atomic E-state index is 12.2. The Morgan fingerprint density at radius 2 is 2.00 bits per heavy atom. The number of hydrogen-bond donors (Lipinski definition) is 2. The minimum atomic E-state index is -0.205. The van der Waals surface area contributed by atoms with Gasteiger partial charge < -0.3 is 15.2 Å². The summed E-state index contributed by atoms with van der Waals surface area (Å²) in [6.45, 7) is 2.61. The lowest BCUT2D eigenvalue weighted by Gasteiger charge is -2.26. The number of aromatic nitrogens is 1. The van der Waals surface area contributed by atoms with Crippen LogP contribution in [0, 0.1) is 0 Å². The first kappa shape index (κ1) is 17.9. The van der Waals surface area contributed by atoms with Gasteiger partial charge in [0, 0.05) is 17.0 Å². The van der Waals surface area contributed by atoms with Crippen LogP contribution in [0.5, 0.6) is 5.75 Å². The van der Waals surface area contributed by atoms with Gasteiger partial charge >= 0.3 is 0 Å². The third-order valence-electron chi connectivity index (χ3n) is 4.37. The van der Waals surface area contributed by atoms with Crippen LogP contribution in [0.25, 0.3) is 10.6 Å². The summed E-state index contributed by atoms with van der Waals surface area (Å²) in [6, 6.07) is 8.02. The van der Waals surface area contributed by atoms with Crippen molar-refractivity contribution in [2.24, 2.45) is 0 Å². The molecule has 134 valence electrons. The first-order chi connectivity index (χ1) is 12.1. The molecule has 0 bridgehead atoms. The van der Waals surface area contributed by atoms with Gasteiger partial charge in [-0.05, 0) is 56.9 Å². The molecule has 0 saturated heterocycles. The van der Waals surface area contributed by atoms with Crippen molar-refractivity contribution in [2.45, 2.75) is 51.2 Å². The number of hydrogen-bond acceptors (Lipinski definition) is 5. The highest BCUT2D eigenvalue weighted by atomic mass is 32.1. The van der Waals surface area contributed by atoms with Gasteiger partial charge in [0.25, 0.3) is 0 Å². The maximum absolute atomic E-state index is 12.2. The number of aliphatic hydroxyl groups excluding tert-OH is 1. The fourth-order valence-corrected chi connectivity index (χ4v) is 3.87. The summed E-state index contributed by atoms with van der Waals surface area (Å²) >= 11 is 1.55. The van der Waals surface area contributed by atoms with E-state index < -0.39 is 0 Å². The van der Waals surface area contributed by atoms with Crippen molar-refractivity contribution in [1.82, 2.24) is 10.3 Å².